The van der Waals surface area contributed by atoms with Gasteiger partial charge in [0.1, 0.15) is 0 Å². The van der Waals surface area contributed by atoms with Crippen LogP contribution in [0.5, 0.6) is 0 Å². The van der Waals surface area contributed by atoms with Crippen LogP contribution in [0.3, 0.4) is 0 Å². The van der Waals surface area contributed by atoms with Crippen molar-refractivity contribution in [1.29, 1.82) is 0 Å². The van der Waals surface area contributed by atoms with Crippen LogP contribution in [0.4, 0.5) is 0 Å². The maximum absolute atomic E-state index is 13.0. The average Bonchev–Trinajstić information content (AvgIpc) is 3.16. The van der Waals surface area contributed by atoms with Crippen LogP contribution in [0, 0.1) is 5.92 Å². The zero-order valence-corrected chi connectivity index (χ0v) is 20.1. The van der Waals surface area contributed by atoms with E-state index in [0.29, 0.717) is 54.2 Å². The predicted molar refractivity (Wildman–Crippen MR) is 122 cm³/mol. The predicted octanol–water partition coefficient (Wildman–Crippen LogP) is 4.97. The highest BCUT2D eigenvalue weighted by atomic mass is 35.5. The van der Waals surface area contributed by atoms with Crippen molar-refractivity contribution >= 4 is 38.9 Å². The van der Waals surface area contributed by atoms with E-state index in [-0.39, 0.29) is 11.8 Å². The Kier molecular flexibility index (Phi) is 7.61. The molecule has 0 spiro atoms. The first-order valence-electron chi connectivity index (χ1n) is 10.4. The van der Waals surface area contributed by atoms with E-state index in [1.165, 1.54) is 15.6 Å². The molecule has 3 rings (SSSR count). The molecule has 1 fully saturated rings. The highest BCUT2D eigenvalue weighted by molar-refractivity contribution is 7.89. The van der Waals surface area contributed by atoms with E-state index < -0.39 is 10.0 Å². The Morgan fingerprint density at radius 1 is 1.17 bits per heavy atom. The molecule has 0 unspecified atom stereocenters. The van der Waals surface area contributed by atoms with Crippen molar-refractivity contribution in [2.24, 2.45) is 5.92 Å². The first-order chi connectivity index (χ1) is 14.2. The highest BCUT2D eigenvalue weighted by Gasteiger charge is 2.33. The number of hydrogen-bond donors (Lipinski definition) is 0. The minimum atomic E-state index is -3.53. The summed E-state index contributed by atoms with van der Waals surface area (Å²) in [5, 5.41) is 0. The number of rotatable bonds is 7. The van der Waals surface area contributed by atoms with Crippen molar-refractivity contribution in [2.45, 2.75) is 51.0 Å². The second-order valence-corrected chi connectivity index (χ2v) is 11.7. The lowest BCUT2D eigenvalue weighted by molar-refractivity contribution is -0.137. The third kappa shape index (κ3) is 5.25. The third-order valence-electron chi connectivity index (χ3n) is 5.66. The number of sulfonamides is 1. The van der Waals surface area contributed by atoms with Crippen LogP contribution >= 0.6 is 22.9 Å². The summed E-state index contributed by atoms with van der Waals surface area (Å²) in [6.45, 7) is 8.03. The number of thiophene rings is 1. The Bertz CT molecular complexity index is 963. The summed E-state index contributed by atoms with van der Waals surface area (Å²) >= 11 is 7.48. The Morgan fingerprint density at radius 3 is 2.30 bits per heavy atom. The summed E-state index contributed by atoms with van der Waals surface area (Å²) in [6, 6.07) is 10.9. The molecule has 0 aliphatic carbocycles. The minimum absolute atomic E-state index is 0.0976. The number of halogens is 1. The fourth-order valence-corrected chi connectivity index (χ4v) is 6.32. The van der Waals surface area contributed by atoms with Crippen molar-refractivity contribution in [3.05, 3.63) is 51.2 Å². The number of nitrogens with zero attached hydrogens (tertiary/aromatic N) is 2. The van der Waals surface area contributed by atoms with Gasteiger partial charge in [-0.1, -0.05) is 37.6 Å². The van der Waals surface area contributed by atoms with Gasteiger partial charge in [0.25, 0.3) is 0 Å². The van der Waals surface area contributed by atoms with Gasteiger partial charge in [-0.25, -0.2) is 8.42 Å². The molecule has 1 saturated heterocycles. The molecule has 2 heterocycles. The molecule has 0 N–H and O–H groups in total. The quantitative estimate of drug-likeness (QED) is 0.576. The molecule has 0 radical (unpaired) electrons. The first kappa shape index (κ1) is 23.3. The molecule has 0 saturated carbocycles. The number of benzene rings is 1. The van der Waals surface area contributed by atoms with Crippen molar-refractivity contribution < 1.29 is 13.2 Å². The SMILES string of the molecule is CCN(Cc1ccc(Cl)s1)C(=O)C1CCN(S(=O)(=O)c2ccc(C(C)C)cc2)CC1. The van der Waals surface area contributed by atoms with E-state index in [9.17, 15) is 13.2 Å². The van der Waals surface area contributed by atoms with Crippen LogP contribution in [-0.2, 0) is 21.4 Å². The molecule has 2 aromatic rings. The molecule has 1 amide bonds. The fraction of sp³-hybridized carbons (Fsp3) is 0.500. The Morgan fingerprint density at radius 2 is 1.80 bits per heavy atom. The number of hydrogen-bond acceptors (Lipinski definition) is 4. The van der Waals surface area contributed by atoms with Gasteiger partial charge in [0, 0.05) is 30.4 Å². The summed E-state index contributed by atoms with van der Waals surface area (Å²) in [5.41, 5.74) is 1.12. The van der Waals surface area contributed by atoms with Crippen LogP contribution in [0.1, 0.15) is 50.0 Å². The number of carbonyl (C=O) groups is 1. The molecule has 1 aliphatic heterocycles. The van der Waals surface area contributed by atoms with E-state index >= 15 is 0 Å². The summed E-state index contributed by atoms with van der Waals surface area (Å²) in [5.74, 6) is 0.311. The van der Waals surface area contributed by atoms with E-state index in [1.54, 1.807) is 12.1 Å². The van der Waals surface area contributed by atoms with Gasteiger partial charge < -0.3 is 4.90 Å². The molecular formula is C22H29ClN2O3S2. The molecule has 1 aromatic carbocycles. The van der Waals surface area contributed by atoms with Gasteiger partial charge in [-0.2, -0.15) is 4.31 Å². The van der Waals surface area contributed by atoms with Crippen LogP contribution in [-0.4, -0.2) is 43.2 Å². The normalized spacial score (nSPS) is 16.2. The van der Waals surface area contributed by atoms with Gasteiger partial charge in [-0.15, -0.1) is 11.3 Å². The van der Waals surface area contributed by atoms with Gasteiger partial charge in [0.05, 0.1) is 15.8 Å². The molecule has 8 heteroatoms. The van der Waals surface area contributed by atoms with Gasteiger partial charge in [0.15, 0.2) is 0 Å². The van der Waals surface area contributed by atoms with Crippen LogP contribution in [0.25, 0.3) is 0 Å². The zero-order valence-electron chi connectivity index (χ0n) is 17.7. The number of carbonyl (C=O) groups excluding carboxylic acids is 1. The number of piperidine rings is 1. The summed E-state index contributed by atoms with van der Waals surface area (Å²) < 4.78 is 28.2. The van der Waals surface area contributed by atoms with Crippen LogP contribution < -0.4 is 0 Å². The monoisotopic (exact) mass is 468 g/mol. The van der Waals surface area contributed by atoms with Crippen molar-refractivity contribution in [3.63, 3.8) is 0 Å². The maximum Gasteiger partial charge on any atom is 0.243 e. The molecule has 0 atom stereocenters. The molecule has 1 aliphatic rings. The fourth-order valence-electron chi connectivity index (χ4n) is 3.75. The van der Waals surface area contributed by atoms with Gasteiger partial charge in [0.2, 0.25) is 15.9 Å². The first-order valence-corrected chi connectivity index (χ1v) is 13.0. The molecule has 1 aromatic heterocycles. The maximum atomic E-state index is 13.0. The zero-order chi connectivity index (χ0) is 21.9. The van der Waals surface area contributed by atoms with E-state index in [2.05, 4.69) is 13.8 Å². The van der Waals surface area contributed by atoms with E-state index in [0.717, 1.165) is 10.4 Å². The van der Waals surface area contributed by atoms with Crippen molar-refractivity contribution in [1.82, 2.24) is 9.21 Å². The van der Waals surface area contributed by atoms with E-state index in [1.807, 2.05) is 36.1 Å². The lowest BCUT2D eigenvalue weighted by Crippen LogP contribution is -2.44. The molecule has 0 bridgehead atoms. The molecule has 5 nitrogen and oxygen atoms in total. The minimum Gasteiger partial charge on any atom is -0.338 e. The second kappa shape index (κ2) is 9.81. The third-order valence-corrected chi connectivity index (χ3v) is 8.79. The van der Waals surface area contributed by atoms with E-state index in [4.69, 9.17) is 11.6 Å². The van der Waals surface area contributed by atoms with Crippen molar-refractivity contribution in [2.75, 3.05) is 19.6 Å². The standard InChI is InChI=1S/C22H29ClN2O3S2/c1-4-24(15-19-7-10-21(23)29-19)22(26)18-11-13-25(14-12-18)30(27,28)20-8-5-17(6-9-20)16(2)3/h5-10,16,18H,4,11-15H2,1-3H3. The molecule has 164 valence electrons. The molecular weight excluding hydrogens is 440 g/mol. The lowest BCUT2D eigenvalue weighted by Gasteiger charge is -2.33. The Labute approximate surface area is 188 Å². The highest BCUT2D eigenvalue weighted by Crippen LogP contribution is 2.28. The summed E-state index contributed by atoms with van der Waals surface area (Å²) in [4.78, 5) is 16.2. The largest absolute Gasteiger partial charge is 0.338 e. The Balaban J connectivity index is 1.62. The van der Waals surface area contributed by atoms with Crippen molar-refractivity contribution in [3.8, 4) is 0 Å². The van der Waals surface area contributed by atoms with Crippen LogP contribution in [0.2, 0.25) is 4.34 Å². The van der Waals surface area contributed by atoms with Gasteiger partial charge in [-0.05, 0) is 55.5 Å². The smallest absolute Gasteiger partial charge is 0.243 e. The lowest BCUT2D eigenvalue weighted by atomic mass is 9.96. The Hall–Kier alpha value is -1.41. The summed E-state index contributed by atoms with van der Waals surface area (Å²) in [6.07, 6.45) is 1.09. The average molecular weight is 469 g/mol. The van der Waals surface area contributed by atoms with Gasteiger partial charge >= 0.3 is 0 Å². The summed E-state index contributed by atoms with van der Waals surface area (Å²) in [7, 11) is -3.53. The number of amides is 1. The topological polar surface area (TPSA) is 57.7 Å². The van der Waals surface area contributed by atoms with Crippen LogP contribution in [0.15, 0.2) is 41.3 Å². The van der Waals surface area contributed by atoms with Gasteiger partial charge in [-0.3, -0.25) is 4.79 Å². The second-order valence-electron chi connectivity index (χ2n) is 7.96. The molecule has 30 heavy (non-hydrogen) atoms.